The summed E-state index contributed by atoms with van der Waals surface area (Å²) in [5.41, 5.74) is 0.304. The van der Waals surface area contributed by atoms with Gasteiger partial charge in [0.1, 0.15) is 5.56 Å². The van der Waals surface area contributed by atoms with Crippen LogP contribution in [0.4, 0.5) is 0 Å². The lowest BCUT2D eigenvalue weighted by atomic mass is 10.2. The van der Waals surface area contributed by atoms with Gasteiger partial charge in [-0.2, -0.15) is 0 Å². The summed E-state index contributed by atoms with van der Waals surface area (Å²) in [6.07, 6.45) is 1.44. The van der Waals surface area contributed by atoms with Gasteiger partial charge >= 0.3 is 5.97 Å². The van der Waals surface area contributed by atoms with Crippen molar-refractivity contribution in [2.24, 2.45) is 0 Å². The van der Waals surface area contributed by atoms with Gasteiger partial charge in [0, 0.05) is 6.20 Å². The smallest absolute Gasteiger partial charge is 0.342 e. The van der Waals surface area contributed by atoms with Crippen molar-refractivity contribution >= 4 is 17.6 Å². The quantitative estimate of drug-likeness (QED) is 0.587. The lowest BCUT2D eigenvalue weighted by Crippen LogP contribution is -2.08. The van der Waals surface area contributed by atoms with E-state index in [2.05, 4.69) is 4.98 Å². The Hall–Kier alpha value is -1.29. The zero-order valence-corrected chi connectivity index (χ0v) is 9.37. The first kappa shape index (κ1) is 11.8. The summed E-state index contributed by atoms with van der Waals surface area (Å²) in [4.78, 5) is 15.3. The molecule has 0 N–H and O–H groups in total. The molecule has 0 amide bonds. The third-order valence-electron chi connectivity index (χ3n) is 1.65. The summed E-state index contributed by atoms with van der Waals surface area (Å²) in [6.45, 7) is 4.27. The summed E-state index contributed by atoms with van der Waals surface area (Å²) in [7, 11) is 0. The zero-order valence-electron chi connectivity index (χ0n) is 8.62. The highest BCUT2D eigenvalue weighted by molar-refractivity contribution is 6.31. The number of hydrogen-bond donors (Lipinski definition) is 0. The Morgan fingerprint density at radius 2 is 2.20 bits per heavy atom. The van der Waals surface area contributed by atoms with Gasteiger partial charge in [-0.25, -0.2) is 9.78 Å². The van der Waals surface area contributed by atoms with Gasteiger partial charge in [0.15, 0.2) is 10.9 Å². The van der Waals surface area contributed by atoms with E-state index >= 15 is 0 Å². The Bertz CT molecular complexity index is 355. The van der Waals surface area contributed by atoms with Crippen molar-refractivity contribution in [3.63, 3.8) is 0 Å². The number of aromatic nitrogens is 1. The van der Waals surface area contributed by atoms with Crippen LogP contribution in [0.15, 0.2) is 12.3 Å². The average molecular weight is 230 g/mol. The van der Waals surface area contributed by atoms with E-state index < -0.39 is 5.97 Å². The molecule has 5 heteroatoms. The second kappa shape index (κ2) is 5.56. The molecule has 4 nitrogen and oxygen atoms in total. The molecule has 0 aliphatic heterocycles. The molecular weight excluding hydrogens is 218 g/mol. The molecule has 0 radical (unpaired) electrons. The van der Waals surface area contributed by atoms with Crippen LogP contribution in [-0.2, 0) is 4.74 Å². The fourth-order valence-corrected chi connectivity index (χ4v) is 1.29. The van der Waals surface area contributed by atoms with E-state index in [0.29, 0.717) is 18.8 Å². The molecule has 0 fully saturated rings. The molecule has 0 spiro atoms. The van der Waals surface area contributed by atoms with Crippen LogP contribution >= 0.6 is 11.6 Å². The maximum atomic E-state index is 11.5. The Morgan fingerprint density at radius 1 is 1.47 bits per heavy atom. The topological polar surface area (TPSA) is 48.4 Å². The van der Waals surface area contributed by atoms with Crippen LogP contribution in [0, 0.1) is 0 Å². The van der Waals surface area contributed by atoms with Crippen LogP contribution in [0.1, 0.15) is 24.2 Å². The molecule has 1 aromatic heterocycles. The lowest BCUT2D eigenvalue weighted by Gasteiger charge is -2.09. The molecule has 0 aliphatic rings. The predicted octanol–water partition coefficient (Wildman–Crippen LogP) is 2.31. The highest BCUT2D eigenvalue weighted by Crippen LogP contribution is 2.26. The monoisotopic (exact) mass is 229 g/mol. The second-order valence-corrected chi connectivity index (χ2v) is 2.99. The van der Waals surface area contributed by atoms with Gasteiger partial charge in [-0.1, -0.05) is 11.6 Å². The third kappa shape index (κ3) is 2.83. The highest BCUT2D eigenvalue weighted by Gasteiger charge is 2.16. The summed E-state index contributed by atoms with van der Waals surface area (Å²) in [5, 5.41) is 0.169. The molecule has 0 aliphatic carbocycles. The number of rotatable bonds is 4. The van der Waals surface area contributed by atoms with E-state index in [-0.39, 0.29) is 10.9 Å². The minimum absolute atomic E-state index is 0.169. The van der Waals surface area contributed by atoms with Crippen LogP contribution in [0.25, 0.3) is 0 Å². The molecule has 0 saturated heterocycles. The average Bonchev–Trinajstić information content (AvgIpc) is 2.21. The molecule has 0 saturated carbocycles. The maximum Gasteiger partial charge on any atom is 0.342 e. The van der Waals surface area contributed by atoms with Crippen molar-refractivity contribution in [2.75, 3.05) is 13.2 Å². The van der Waals surface area contributed by atoms with Crippen molar-refractivity contribution in [1.82, 2.24) is 4.98 Å². The first-order valence-corrected chi connectivity index (χ1v) is 5.02. The molecule has 0 atom stereocenters. The Balaban J connectivity index is 3.04. The maximum absolute atomic E-state index is 11.5. The molecular formula is C10H12ClNO3. The van der Waals surface area contributed by atoms with E-state index in [1.165, 1.54) is 12.3 Å². The third-order valence-corrected chi connectivity index (χ3v) is 1.91. The molecule has 15 heavy (non-hydrogen) atoms. The van der Waals surface area contributed by atoms with Gasteiger partial charge in [-0.3, -0.25) is 0 Å². The normalized spacial score (nSPS) is 9.80. The van der Waals surface area contributed by atoms with E-state index in [1.54, 1.807) is 13.8 Å². The van der Waals surface area contributed by atoms with Crippen molar-refractivity contribution in [3.05, 3.63) is 23.0 Å². The van der Waals surface area contributed by atoms with Crippen molar-refractivity contribution in [2.45, 2.75) is 13.8 Å². The minimum Gasteiger partial charge on any atom is -0.490 e. The lowest BCUT2D eigenvalue weighted by molar-refractivity contribution is 0.0521. The first-order chi connectivity index (χ1) is 7.20. The Kier molecular flexibility index (Phi) is 4.37. The van der Waals surface area contributed by atoms with Crippen molar-refractivity contribution < 1.29 is 14.3 Å². The second-order valence-electron chi connectivity index (χ2n) is 2.63. The summed E-state index contributed by atoms with van der Waals surface area (Å²) in [6, 6.07) is 1.52. The molecule has 82 valence electrons. The number of ether oxygens (including phenoxy) is 2. The fraction of sp³-hybridized carbons (Fsp3) is 0.400. The van der Waals surface area contributed by atoms with Crippen molar-refractivity contribution in [3.8, 4) is 5.75 Å². The van der Waals surface area contributed by atoms with Gasteiger partial charge in [-0.15, -0.1) is 0 Å². The SMILES string of the molecule is CCOC(=O)c1ccnc(Cl)c1OCC. The zero-order chi connectivity index (χ0) is 11.3. The van der Waals surface area contributed by atoms with Gasteiger partial charge in [0.25, 0.3) is 0 Å². The number of carbonyl (C=O) groups is 1. The number of nitrogens with zero attached hydrogens (tertiary/aromatic N) is 1. The molecule has 1 aromatic rings. The molecule has 0 bridgehead atoms. The number of pyridine rings is 1. The number of carbonyl (C=O) groups excluding carboxylic acids is 1. The Labute approximate surface area is 93.2 Å². The number of hydrogen-bond acceptors (Lipinski definition) is 4. The van der Waals surface area contributed by atoms with Crippen LogP contribution in [0.2, 0.25) is 5.15 Å². The molecule has 0 unspecified atom stereocenters. The minimum atomic E-state index is -0.453. The van der Waals surface area contributed by atoms with E-state index in [4.69, 9.17) is 21.1 Å². The molecule has 0 aromatic carbocycles. The summed E-state index contributed by atoms with van der Waals surface area (Å²) in [5.74, 6) is -0.176. The van der Waals surface area contributed by atoms with Gasteiger partial charge in [-0.05, 0) is 19.9 Å². The van der Waals surface area contributed by atoms with Crippen LogP contribution < -0.4 is 4.74 Å². The van der Waals surface area contributed by atoms with Crippen LogP contribution in [0.3, 0.4) is 0 Å². The number of halogens is 1. The van der Waals surface area contributed by atoms with Gasteiger partial charge in [0.2, 0.25) is 0 Å². The Morgan fingerprint density at radius 3 is 2.80 bits per heavy atom. The standard InChI is InChI=1S/C10H12ClNO3/c1-3-14-8-7(10(13)15-4-2)5-6-12-9(8)11/h5-6H,3-4H2,1-2H3. The van der Waals surface area contributed by atoms with E-state index in [0.717, 1.165) is 0 Å². The largest absolute Gasteiger partial charge is 0.490 e. The summed E-state index contributed by atoms with van der Waals surface area (Å²) < 4.78 is 10.1. The predicted molar refractivity (Wildman–Crippen MR) is 56.4 cm³/mol. The van der Waals surface area contributed by atoms with E-state index in [9.17, 15) is 4.79 Å². The van der Waals surface area contributed by atoms with Gasteiger partial charge in [0.05, 0.1) is 13.2 Å². The van der Waals surface area contributed by atoms with Gasteiger partial charge < -0.3 is 9.47 Å². The van der Waals surface area contributed by atoms with Crippen molar-refractivity contribution in [1.29, 1.82) is 0 Å². The van der Waals surface area contributed by atoms with Crippen LogP contribution in [0.5, 0.6) is 5.75 Å². The van der Waals surface area contributed by atoms with E-state index in [1.807, 2.05) is 0 Å². The molecule has 1 rings (SSSR count). The van der Waals surface area contributed by atoms with Crippen LogP contribution in [-0.4, -0.2) is 24.2 Å². The first-order valence-electron chi connectivity index (χ1n) is 4.65. The highest BCUT2D eigenvalue weighted by atomic mass is 35.5. The molecule has 1 heterocycles. The number of esters is 1. The summed E-state index contributed by atoms with van der Waals surface area (Å²) >= 11 is 5.81. The fourth-order valence-electron chi connectivity index (χ4n) is 1.07.